The summed E-state index contributed by atoms with van der Waals surface area (Å²) in [6.07, 6.45) is 0. The molecule has 0 unspecified atom stereocenters. The Balaban J connectivity index is 1.32. The van der Waals surface area contributed by atoms with Crippen molar-refractivity contribution in [2.24, 2.45) is 0 Å². The van der Waals surface area contributed by atoms with Gasteiger partial charge in [0.1, 0.15) is 0 Å². The van der Waals surface area contributed by atoms with E-state index in [9.17, 15) is 0 Å². The van der Waals surface area contributed by atoms with Crippen LogP contribution in [0.4, 0.5) is 0 Å². The van der Waals surface area contributed by atoms with Crippen molar-refractivity contribution in [1.29, 1.82) is 0 Å². The van der Waals surface area contributed by atoms with Gasteiger partial charge in [0.05, 0.1) is 17.1 Å². The van der Waals surface area contributed by atoms with Crippen LogP contribution in [-0.2, 0) is 13.1 Å². The molecule has 2 aromatic carbocycles. The molecular weight excluding hydrogens is 419 g/mol. The highest BCUT2D eigenvalue weighted by atomic mass is 35.5. The first-order valence-corrected chi connectivity index (χ1v) is 10.2. The van der Waals surface area contributed by atoms with Gasteiger partial charge in [-0.05, 0) is 35.9 Å². The number of rotatable bonds is 5. The first kappa shape index (κ1) is 19.7. The summed E-state index contributed by atoms with van der Waals surface area (Å²) in [5.74, 6) is 1.00. The zero-order chi connectivity index (χ0) is 19.5. The van der Waals surface area contributed by atoms with Crippen molar-refractivity contribution in [3.8, 4) is 11.5 Å². The van der Waals surface area contributed by atoms with E-state index in [1.165, 1.54) is 5.56 Å². The van der Waals surface area contributed by atoms with E-state index < -0.39 is 0 Å². The Morgan fingerprint density at radius 1 is 0.821 bits per heavy atom. The van der Waals surface area contributed by atoms with Crippen molar-refractivity contribution in [3.63, 3.8) is 0 Å². The number of benzene rings is 2. The lowest BCUT2D eigenvalue weighted by atomic mass is 10.2. The van der Waals surface area contributed by atoms with Crippen molar-refractivity contribution in [1.82, 2.24) is 20.0 Å². The molecule has 0 spiro atoms. The molecule has 3 aromatic rings. The summed E-state index contributed by atoms with van der Waals surface area (Å²) in [7, 11) is 0. The van der Waals surface area contributed by atoms with Gasteiger partial charge in [-0.3, -0.25) is 9.80 Å². The predicted molar refractivity (Wildman–Crippen MR) is 112 cm³/mol. The predicted octanol–water partition coefficient (Wildman–Crippen LogP) is 5.01. The lowest BCUT2D eigenvalue weighted by Crippen LogP contribution is -2.45. The summed E-state index contributed by atoms with van der Waals surface area (Å²) in [5, 5.41) is 10.1. The van der Waals surface area contributed by atoms with Crippen LogP contribution in [0.25, 0.3) is 11.5 Å². The van der Waals surface area contributed by atoms with Crippen molar-refractivity contribution < 1.29 is 4.42 Å². The molecule has 1 saturated heterocycles. The summed E-state index contributed by atoms with van der Waals surface area (Å²) < 4.78 is 5.81. The van der Waals surface area contributed by atoms with E-state index in [4.69, 9.17) is 39.2 Å². The van der Waals surface area contributed by atoms with Crippen LogP contribution in [0.3, 0.4) is 0 Å². The van der Waals surface area contributed by atoms with Gasteiger partial charge < -0.3 is 4.42 Å². The number of piperazine rings is 1. The van der Waals surface area contributed by atoms with Crippen LogP contribution < -0.4 is 0 Å². The average molecular weight is 438 g/mol. The fraction of sp³-hybridized carbons (Fsp3) is 0.300. The molecule has 0 saturated carbocycles. The maximum absolute atomic E-state index is 6.22. The highest BCUT2D eigenvalue weighted by molar-refractivity contribution is 6.36. The second kappa shape index (κ2) is 8.80. The molecule has 8 heteroatoms. The topological polar surface area (TPSA) is 45.4 Å². The van der Waals surface area contributed by atoms with Crippen LogP contribution in [-0.4, -0.2) is 46.2 Å². The third-order valence-corrected chi connectivity index (χ3v) is 5.53. The lowest BCUT2D eigenvalue weighted by molar-refractivity contribution is 0.114. The zero-order valence-corrected chi connectivity index (χ0v) is 17.4. The Morgan fingerprint density at radius 3 is 2.25 bits per heavy atom. The number of hydrogen-bond acceptors (Lipinski definition) is 5. The minimum absolute atomic E-state index is 0.413. The number of hydrogen-bond donors (Lipinski definition) is 0. The molecule has 4 rings (SSSR count). The van der Waals surface area contributed by atoms with Crippen LogP contribution in [0, 0.1) is 0 Å². The van der Waals surface area contributed by atoms with Gasteiger partial charge >= 0.3 is 0 Å². The second-order valence-electron chi connectivity index (χ2n) is 6.81. The molecule has 1 aromatic heterocycles. The lowest BCUT2D eigenvalue weighted by Gasteiger charge is -2.33. The molecule has 0 bridgehead atoms. The van der Waals surface area contributed by atoms with Crippen molar-refractivity contribution >= 4 is 34.8 Å². The maximum atomic E-state index is 6.22. The van der Waals surface area contributed by atoms with E-state index in [0.29, 0.717) is 33.9 Å². The summed E-state index contributed by atoms with van der Waals surface area (Å²) in [5.41, 5.74) is 1.93. The fourth-order valence-corrected chi connectivity index (χ4v) is 3.98. The van der Waals surface area contributed by atoms with Crippen LogP contribution in [0.15, 0.2) is 46.9 Å². The molecule has 1 aliphatic heterocycles. The van der Waals surface area contributed by atoms with Gasteiger partial charge in [-0.15, -0.1) is 10.2 Å². The van der Waals surface area contributed by atoms with Crippen molar-refractivity contribution in [3.05, 3.63) is 69.0 Å². The summed E-state index contributed by atoms with van der Waals surface area (Å²) in [6.45, 7) is 5.39. The van der Waals surface area contributed by atoms with E-state index in [1.54, 1.807) is 18.2 Å². The Labute approximate surface area is 178 Å². The normalized spacial score (nSPS) is 15.8. The first-order valence-electron chi connectivity index (χ1n) is 9.04. The van der Waals surface area contributed by atoms with E-state index in [0.717, 1.165) is 37.7 Å². The van der Waals surface area contributed by atoms with Gasteiger partial charge in [0.2, 0.25) is 11.8 Å². The van der Waals surface area contributed by atoms with Gasteiger partial charge in [-0.25, -0.2) is 0 Å². The van der Waals surface area contributed by atoms with E-state index in [2.05, 4.69) is 26.1 Å². The number of aromatic nitrogens is 2. The number of nitrogens with zero attached hydrogens (tertiary/aromatic N) is 4. The van der Waals surface area contributed by atoms with Crippen molar-refractivity contribution in [2.45, 2.75) is 13.1 Å². The van der Waals surface area contributed by atoms with E-state index in [-0.39, 0.29) is 0 Å². The van der Waals surface area contributed by atoms with Crippen LogP contribution in [0.2, 0.25) is 15.1 Å². The van der Waals surface area contributed by atoms with Gasteiger partial charge in [0.15, 0.2) is 0 Å². The maximum Gasteiger partial charge on any atom is 0.249 e. The van der Waals surface area contributed by atoms with Gasteiger partial charge in [-0.2, -0.15) is 0 Å². The molecule has 2 heterocycles. The zero-order valence-electron chi connectivity index (χ0n) is 15.1. The van der Waals surface area contributed by atoms with E-state index in [1.807, 2.05) is 18.2 Å². The van der Waals surface area contributed by atoms with Gasteiger partial charge in [0, 0.05) is 42.8 Å². The smallest absolute Gasteiger partial charge is 0.249 e. The minimum Gasteiger partial charge on any atom is -0.419 e. The molecule has 28 heavy (non-hydrogen) atoms. The fourth-order valence-electron chi connectivity index (χ4n) is 3.28. The summed E-state index contributed by atoms with van der Waals surface area (Å²) in [4.78, 5) is 4.74. The Kier molecular flexibility index (Phi) is 6.19. The quantitative estimate of drug-likeness (QED) is 0.561. The minimum atomic E-state index is 0.413. The highest BCUT2D eigenvalue weighted by Crippen LogP contribution is 2.29. The molecule has 0 N–H and O–H groups in total. The summed E-state index contributed by atoms with van der Waals surface area (Å²) >= 11 is 18.2. The first-order chi connectivity index (χ1) is 13.6. The highest BCUT2D eigenvalue weighted by Gasteiger charge is 2.20. The largest absolute Gasteiger partial charge is 0.419 e. The third kappa shape index (κ3) is 4.85. The molecule has 1 fully saturated rings. The molecular formula is C20H19Cl3N4O. The van der Waals surface area contributed by atoms with Crippen LogP contribution in [0.1, 0.15) is 11.5 Å². The molecule has 0 aliphatic carbocycles. The molecule has 5 nitrogen and oxygen atoms in total. The Hall–Kier alpha value is -1.63. The SMILES string of the molecule is Clc1cccc(CN2CCN(Cc3nnc(-c4ccc(Cl)cc4Cl)o3)CC2)c1. The van der Waals surface area contributed by atoms with Gasteiger partial charge in [-0.1, -0.05) is 46.9 Å². The molecule has 0 amide bonds. The van der Waals surface area contributed by atoms with Gasteiger partial charge in [0.25, 0.3) is 0 Å². The Bertz CT molecular complexity index is 954. The summed E-state index contributed by atoms with van der Waals surface area (Å²) in [6, 6.07) is 13.2. The third-order valence-electron chi connectivity index (χ3n) is 4.75. The number of halogens is 3. The van der Waals surface area contributed by atoms with Crippen LogP contribution >= 0.6 is 34.8 Å². The molecule has 0 atom stereocenters. The van der Waals surface area contributed by atoms with E-state index >= 15 is 0 Å². The molecule has 1 aliphatic rings. The molecule has 146 valence electrons. The van der Waals surface area contributed by atoms with Crippen molar-refractivity contribution in [2.75, 3.05) is 26.2 Å². The van der Waals surface area contributed by atoms with Crippen LogP contribution in [0.5, 0.6) is 0 Å². The standard InChI is InChI=1S/C20H19Cl3N4O/c21-15-3-1-2-14(10-15)12-26-6-8-27(9-7-26)13-19-24-25-20(28-19)17-5-4-16(22)11-18(17)23/h1-5,10-11H,6-9,12-13H2. The molecule has 0 radical (unpaired) electrons. The average Bonchev–Trinajstić information content (AvgIpc) is 3.11. The monoisotopic (exact) mass is 436 g/mol. The Morgan fingerprint density at radius 2 is 1.54 bits per heavy atom. The second-order valence-corrected chi connectivity index (χ2v) is 8.09.